The Balaban J connectivity index is 1.98. The highest BCUT2D eigenvalue weighted by molar-refractivity contribution is 5.37. The summed E-state index contributed by atoms with van der Waals surface area (Å²) in [5.74, 6) is 0. The fraction of sp³-hybridized carbons (Fsp3) is 0.684. The first-order valence-electron chi connectivity index (χ1n) is 8.39. The van der Waals surface area contributed by atoms with E-state index in [1.54, 1.807) is 0 Å². The molecule has 0 aliphatic carbocycles. The van der Waals surface area contributed by atoms with Crippen molar-refractivity contribution >= 4 is 0 Å². The van der Waals surface area contributed by atoms with E-state index >= 15 is 0 Å². The number of hydrogen-bond acceptors (Lipinski definition) is 2. The van der Waals surface area contributed by atoms with Crippen LogP contribution in [0.15, 0.2) is 12.1 Å². The summed E-state index contributed by atoms with van der Waals surface area (Å²) in [6.07, 6.45) is 2.61. The lowest BCUT2D eigenvalue weighted by molar-refractivity contribution is 0.104. The van der Waals surface area contributed by atoms with Crippen molar-refractivity contribution in [3.05, 3.63) is 34.4 Å². The SMILES string of the molecule is Cc1cc(C)c(CN(C)C2CCN(C(C)C)CC2)c(C)c1. The van der Waals surface area contributed by atoms with Crippen LogP contribution in [0.1, 0.15) is 48.9 Å². The van der Waals surface area contributed by atoms with Gasteiger partial charge in [0.2, 0.25) is 0 Å². The number of aryl methyl sites for hydroxylation is 3. The van der Waals surface area contributed by atoms with Crippen molar-refractivity contribution in [2.45, 2.75) is 66.1 Å². The third-order valence-electron chi connectivity index (χ3n) is 5.10. The molecule has 0 spiro atoms. The zero-order valence-electron chi connectivity index (χ0n) is 14.7. The molecule has 1 aliphatic heterocycles. The van der Waals surface area contributed by atoms with E-state index < -0.39 is 0 Å². The molecule has 0 saturated carbocycles. The van der Waals surface area contributed by atoms with E-state index in [4.69, 9.17) is 0 Å². The van der Waals surface area contributed by atoms with Gasteiger partial charge in [-0.1, -0.05) is 17.7 Å². The summed E-state index contributed by atoms with van der Waals surface area (Å²) in [7, 11) is 2.30. The van der Waals surface area contributed by atoms with Gasteiger partial charge in [0.05, 0.1) is 0 Å². The molecule has 0 amide bonds. The molecule has 1 fully saturated rings. The Bertz CT molecular complexity index is 447. The first-order chi connectivity index (χ1) is 9.88. The molecule has 1 aromatic carbocycles. The Labute approximate surface area is 131 Å². The molecule has 0 N–H and O–H groups in total. The van der Waals surface area contributed by atoms with Gasteiger partial charge in [0.25, 0.3) is 0 Å². The van der Waals surface area contributed by atoms with Gasteiger partial charge >= 0.3 is 0 Å². The van der Waals surface area contributed by atoms with E-state index in [-0.39, 0.29) is 0 Å². The molecule has 1 saturated heterocycles. The van der Waals surface area contributed by atoms with Gasteiger partial charge in [0.1, 0.15) is 0 Å². The van der Waals surface area contributed by atoms with Crippen LogP contribution in [0.4, 0.5) is 0 Å². The maximum atomic E-state index is 2.60. The maximum absolute atomic E-state index is 2.60. The first kappa shape index (κ1) is 16.5. The summed E-state index contributed by atoms with van der Waals surface area (Å²) < 4.78 is 0. The van der Waals surface area contributed by atoms with Crippen molar-refractivity contribution in [2.24, 2.45) is 0 Å². The van der Waals surface area contributed by atoms with Gasteiger partial charge in [-0.2, -0.15) is 0 Å². The Morgan fingerprint density at radius 3 is 2.10 bits per heavy atom. The van der Waals surface area contributed by atoms with Crippen molar-refractivity contribution in [1.82, 2.24) is 9.80 Å². The smallest absolute Gasteiger partial charge is 0.0238 e. The molecule has 1 aromatic rings. The predicted octanol–water partition coefficient (Wildman–Crippen LogP) is 3.92. The van der Waals surface area contributed by atoms with E-state index in [1.807, 2.05) is 0 Å². The first-order valence-corrected chi connectivity index (χ1v) is 8.39. The van der Waals surface area contributed by atoms with Crippen molar-refractivity contribution in [3.8, 4) is 0 Å². The summed E-state index contributed by atoms with van der Waals surface area (Å²) in [6.45, 7) is 14.9. The Morgan fingerprint density at radius 1 is 1.10 bits per heavy atom. The van der Waals surface area contributed by atoms with Crippen molar-refractivity contribution in [1.29, 1.82) is 0 Å². The molecule has 2 rings (SSSR count). The summed E-state index contributed by atoms with van der Waals surface area (Å²) >= 11 is 0. The van der Waals surface area contributed by atoms with E-state index in [2.05, 4.69) is 63.6 Å². The van der Waals surface area contributed by atoms with E-state index in [0.717, 1.165) is 12.6 Å². The summed E-state index contributed by atoms with van der Waals surface area (Å²) in [6, 6.07) is 6.06. The van der Waals surface area contributed by atoms with Gasteiger partial charge in [-0.15, -0.1) is 0 Å². The van der Waals surface area contributed by atoms with Crippen LogP contribution in [-0.4, -0.2) is 42.0 Å². The summed E-state index contributed by atoms with van der Waals surface area (Å²) in [4.78, 5) is 5.18. The topological polar surface area (TPSA) is 6.48 Å². The standard InChI is InChI=1S/C19H32N2/c1-14(2)21-9-7-18(8-10-21)20(6)13-19-16(4)11-15(3)12-17(19)5/h11-12,14,18H,7-10,13H2,1-6H3. The molecule has 0 bridgehead atoms. The second kappa shape index (κ2) is 6.93. The second-order valence-corrected chi connectivity index (χ2v) is 7.15. The fourth-order valence-corrected chi connectivity index (χ4v) is 3.68. The Morgan fingerprint density at radius 2 is 1.62 bits per heavy atom. The Kier molecular flexibility index (Phi) is 5.45. The second-order valence-electron chi connectivity index (χ2n) is 7.15. The molecule has 0 atom stereocenters. The molecule has 0 unspecified atom stereocenters. The monoisotopic (exact) mass is 288 g/mol. The molecule has 118 valence electrons. The summed E-state index contributed by atoms with van der Waals surface area (Å²) in [5, 5.41) is 0. The quantitative estimate of drug-likeness (QED) is 0.828. The molecule has 1 aliphatic rings. The van der Waals surface area contributed by atoms with Gasteiger partial charge in [-0.05, 0) is 84.3 Å². The minimum absolute atomic E-state index is 0.692. The number of benzene rings is 1. The number of hydrogen-bond donors (Lipinski definition) is 0. The van der Waals surface area contributed by atoms with E-state index in [9.17, 15) is 0 Å². The molecular formula is C19H32N2. The van der Waals surface area contributed by atoms with Gasteiger partial charge < -0.3 is 4.90 Å². The molecule has 1 heterocycles. The largest absolute Gasteiger partial charge is 0.301 e. The molecule has 0 radical (unpaired) electrons. The fourth-order valence-electron chi connectivity index (χ4n) is 3.68. The number of rotatable bonds is 4. The average molecular weight is 288 g/mol. The third-order valence-corrected chi connectivity index (χ3v) is 5.10. The van der Waals surface area contributed by atoms with Crippen LogP contribution in [0, 0.1) is 20.8 Å². The minimum Gasteiger partial charge on any atom is -0.301 e. The molecule has 2 heteroatoms. The van der Waals surface area contributed by atoms with Crippen LogP contribution < -0.4 is 0 Å². The van der Waals surface area contributed by atoms with Crippen LogP contribution in [0.3, 0.4) is 0 Å². The number of nitrogens with zero attached hydrogens (tertiary/aromatic N) is 2. The van der Waals surface area contributed by atoms with Crippen LogP contribution in [0.25, 0.3) is 0 Å². The normalized spacial score (nSPS) is 17.9. The van der Waals surface area contributed by atoms with Crippen LogP contribution in [0.2, 0.25) is 0 Å². The molecular weight excluding hydrogens is 256 g/mol. The highest BCUT2D eigenvalue weighted by atomic mass is 15.2. The van der Waals surface area contributed by atoms with Crippen LogP contribution in [0.5, 0.6) is 0 Å². The predicted molar refractivity (Wildman–Crippen MR) is 91.9 cm³/mol. The Hall–Kier alpha value is -0.860. The average Bonchev–Trinajstić information content (AvgIpc) is 2.42. The molecule has 0 aromatic heterocycles. The molecule has 2 nitrogen and oxygen atoms in total. The lowest BCUT2D eigenvalue weighted by Crippen LogP contribution is -2.45. The van der Waals surface area contributed by atoms with Gasteiger partial charge in [-0.3, -0.25) is 4.90 Å². The van der Waals surface area contributed by atoms with Crippen LogP contribution in [-0.2, 0) is 6.54 Å². The lowest BCUT2D eigenvalue weighted by Gasteiger charge is -2.38. The zero-order chi connectivity index (χ0) is 15.6. The lowest BCUT2D eigenvalue weighted by atomic mass is 9.97. The minimum atomic E-state index is 0.692. The highest BCUT2D eigenvalue weighted by Crippen LogP contribution is 2.22. The zero-order valence-corrected chi connectivity index (χ0v) is 14.7. The van der Waals surface area contributed by atoms with E-state index in [0.29, 0.717) is 6.04 Å². The number of piperidine rings is 1. The summed E-state index contributed by atoms with van der Waals surface area (Å²) in [5.41, 5.74) is 5.79. The van der Waals surface area contributed by atoms with Gasteiger partial charge in [0.15, 0.2) is 0 Å². The van der Waals surface area contributed by atoms with Crippen LogP contribution >= 0.6 is 0 Å². The molecule has 21 heavy (non-hydrogen) atoms. The van der Waals surface area contributed by atoms with Crippen molar-refractivity contribution in [3.63, 3.8) is 0 Å². The van der Waals surface area contributed by atoms with Crippen molar-refractivity contribution < 1.29 is 0 Å². The van der Waals surface area contributed by atoms with E-state index in [1.165, 1.54) is 48.2 Å². The highest BCUT2D eigenvalue weighted by Gasteiger charge is 2.24. The van der Waals surface area contributed by atoms with Gasteiger partial charge in [0, 0.05) is 18.6 Å². The third kappa shape index (κ3) is 4.08. The van der Waals surface area contributed by atoms with Gasteiger partial charge in [-0.25, -0.2) is 0 Å². The number of likely N-dealkylation sites (tertiary alicyclic amines) is 1. The van der Waals surface area contributed by atoms with Crippen molar-refractivity contribution in [2.75, 3.05) is 20.1 Å². The maximum Gasteiger partial charge on any atom is 0.0238 e.